The van der Waals surface area contributed by atoms with Crippen LogP contribution < -0.4 is 9.47 Å². The summed E-state index contributed by atoms with van der Waals surface area (Å²) in [7, 11) is 0. The van der Waals surface area contributed by atoms with Gasteiger partial charge in [-0.15, -0.1) is 0 Å². The highest BCUT2D eigenvalue weighted by atomic mass is 127. The van der Waals surface area contributed by atoms with Crippen LogP contribution in [-0.4, -0.2) is 16.6 Å². The van der Waals surface area contributed by atoms with Crippen LogP contribution in [0.4, 0.5) is 4.39 Å². The number of H-pyrrole nitrogens is 1. The van der Waals surface area contributed by atoms with Crippen LogP contribution in [0.15, 0.2) is 54.6 Å². The monoisotopic (exact) mass is 665 g/mol. The Morgan fingerprint density at radius 2 is 1.91 bits per heavy atom. The van der Waals surface area contributed by atoms with Crippen LogP contribution in [0.1, 0.15) is 23.9 Å². The van der Waals surface area contributed by atoms with E-state index >= 15 is 0 Å². The molecule has 0 unspecified atom stereocenters. The van der Waals surface area contributed by atoms with Crippen molar-refractivity contribution in [2.75, 3.05) is 6.61 Å². The number of hydrogen-bond acceptors (Lipinski definition) is 4. The first-order valence-corrected chi connectivity index (χ1v) is 12.2. The molecule has 4 aromatic rings. The van der Waals surface area contributed by atoms with Gasteiger partial charge in [0.2, 0.25) is 0 Å². The van der Waals surface area contributed by atoms with Crippen molar-refractivity contribution in [3.8, 4) is 17.6 Å². The van der Waals surface area contributed by atoms with Crippen LogP contribution in [0, 0.1) is 24.3 Å². The number of nitrogens with one attached hydrogen (secondary N) is 1. The fourth-order valence-corrected chi connectivity index (χ4v) is 4.38. The Morgan fingerprint density at radius 3 is 2.64 bits per heavy atom. The lowest BCUT2D eigenvalue weighted by atomic mass is 10.1. The Balaban J connectivity index is 1.65. The van der Waals surface area contributed by atoms with Gasteiger partial charge in [0.15, 0.2) is 11.5 Å². The highest BCUT2D eigenvalue weighted by Gasteiger charge is 2.14. The molecule has 0 amide bonds. The summed E-state index contributed by atoms with van der Waals surface area (Å²) in [4.78, 5) is 7.43. The number of fused-ring (bicyclic) bond motifs is 1. The molecule has 0 atom stereocenters. The van der Waals surface area contributed by atoms with Crippen molar-refractivity contribution < 1.29 is 13.9 Å². The van der Waals surface area contributed by atoms with Gasteiger partial charge < -0.3 is 14.5 Å². The van der Waals surface area contributed by atoms with E-state index in [1.54, 1.807) is 12.1 Å². The first-order chi connectivity index (χ1) is 16.0. The van der Waals surface area contributed by atoms with Crippen LogP contribution in [0.3, 0.4) is 0 Å². The SMILES string of the molecule is CCOc1cc(/C=C(/C#N)c2nc3ccc(F)cc3[nH]2)cc(I)c1OCc1ccc(I)cc1. The lowest BCUT2D eigenvalue weighted by Crippen LogP contribution is -2.02. The molecule has 1 heterocycles. The van der Waals surface area contributed by atoms with E-state index in [1.165, 1.54) is 15.7 Å². The average molecular weight is 665 g/mol. The Hall–Kier alpha value is -2.65. The van der Waals surface area contributed by atoms with Gasteiger partial charge in [-0.3, -0.25) is 0 Å². The minimum absolute atomic E-state index is 0.331. The van der Waals surface area contributed by atoms with Gasteiger partial charge in [-0.2, -0.15) is 5.26 Å². The molecule has 5 nitrogen and oxygen atoms in total. The van der Waals surface area contributed by atoms with Crippen molar-refractivity contribution in [2.24, 2.45) is 0 Å². The van der Waals surface area contributed by atoms with Crippen LogP contribution in [0.2, 0.25) is 0 Å². The van der Waals surface area contributed by atoms with Gasteiger partial charge in [-0.25, -0.2) is 9.37 Å². The van der Waals surface area contributed by atoms with E-state index in [2.05, 4.69) is 61.2 Å². The number of benzene rings is 3. The van der Waals surface area contributed by atoms with Gasteiger partial charge >= 0.3 is 0 Å². The van der Waals surface area contributed by atoms with E-state index in [0.717, 1.165) is 14.7 Å². The Morgan fingerprint density at radius 1 is 1.12 bits per heavy atom. The highest BCUT2D eigenvalue weighted by molar-refractivity contribution is 14.1. The molecule has 8 heteroatoms. The molecule has 0 radical (unpaired) electrons. The van der Waals surface area contributed by atoms with Crippen molar-refractivity contribution >= 4 is 67.9 Å². The molecule has 4 rings (SSSR count). The van der Waals surface area contributed by atoms with Gasteiger partial charge in [-0.1, -0.05) is 12.1 Å². The second kappa shape index (κ2) is 10.5. The number of aromatic nitrogens is 2. The van der Waals surface area contributed by atoms with Crippen molar-refractivity contribution in [3.63, 3.8) is 0 Å². The third-order valence-electron chi connectivity index (χ3n) is 4.76. The van der Waals surface area contributed by atoms with Gasteiger partial charge in [-0.05, 0) is 112 Å². The van der Waals surface area contributed by atoms with Crippen molar-refractivity contribution in [2.45, 2.75) is 13.5 Å². The Labute approximate surface area is 217 Å². The van der Waals surface area contributed by atoms with Gasteiger partial charge in [0.1, 0.15) is 24.3 Å². The first kappa shape index (κ1) is 23.5. The van der Waals surface area contributed by atoms with Crippen LogP contribution in [0.25, 0.3) is 22.7 Å². The summed E-state index contributed by atoms with van der Waals surface area (Å²) in [6, 6.07) is 18.4. The third kappa shape index (κ3) is 5.65. The molecule has 0 saturated heterocycles. The minimum Gasteiger partial charge on any atom is -0.490 e. The molecule has 0 fully saturated rings. The van der Waals surface area contributed by atoms with E-state index in [1.807, 2.05) is 43.3 Å². The molecule has 33 heavy (non-hydrogen) atoms. The molecule has 1 N–H and O–H groups in total. The van der Waals surface area contributed by atoms with Crippen LogP contribution in [0.5, 0.6) is 11.5 Å². The zero-order chi connectivity index (χ0) is 23.4. The molecule has 3 aromatic carbocycles. The second-order valence-electron chi connectivity index (χ2n) is 7.09. The number of nitrogens with zero attached hydrogens (tertiary/aromatic N) is 2. The summed E-state index contributed by atoms with van der Waals surface area (Å²) in [6.07, 6.45) is 1.72. The standard InChI is InChI=1S/C25H18FI2N3O2/c1-2-32-23-11-16(10-20(28)24(23)33-14-15-3-6-19(27)7-4-15)9-17(13-29)25-30-21-8-5-18(26)12-22(21)31-25/h3-12H,2,14H2,1H3,(H,30,31)/b17-9-. The van der Waals surface area contributed by atoms with Crippen molar-refractivity contribution in [1.82, 2.24) is 9.97 Å². The number of aromatic amines is 1. The topological polar surface area (TPSA) is 70.9 Å². The third-order valence-corrected chi connectivity index (χ3v) is 6.28. The lowest BCUT2D eigenvalue weighted by Gasteiger charge is -2.15. The van der Waals surface area contributed by atoms with E-state index in [0.29, 0.717) is 47.1 Å². The van der Waals surface area contributed by atoms with Gasteiger partial charge in [0.05, 0.1) is 26.8 Å². The molecular formula is C25H18FI2N3O2. The quantitative estimate of drug-likeness (QED) is 0.171. The summed E-state index contributed by atoms with van der Waals surface area (Å²) >= 11 is 4.47. The fourth-order valence-electron chi connectivity index (χ4n) is 3.24. The zero-order valence-corrected chi connectivity index (χ0v) is 21.8. The highest BCUT2D eigenvalue weighted by Crippen LogP contribution is 2.36. The van der Waals surface area contributed by atoms with Crippen LogP contribution in [-0.2, 0) is 6.61 Å². The van der Waals surface area contributed by atoms with Crippen molar-refractivity contribution in [1.29, 1.82) is 5.26 Å². The number of ether oxygens (including phenoxy) is 2. The van der Waals surface area contributed by atoms with E-state index < -0.39 is 0 Å². The molecule has 1 aromatic heterocycles. The van der Waals surface area contributed by atoms with Gasteiger partial charge in [0.25, 0.3) is 0 Å². The Kier molecular flexibility index (Phi) is 7.49. The number of allylic oxidation sites excluding steroid dienone is 1. The largest absolute Gasteiger partial charge is 0.490 e. The summed E-state index contributed by atoms with van der Waals surface area (Å²) in [5.41, 5.74) is 3.29. The number of halogens is 3. The smallest absolute Gasteiger partial charge is 0.175 e. The normalized spacial score (nSPS) is 11.4. The molecule has 0 aliphatic carbocycles. The molecule has 0 aliphatic rings. The minimum atomic E-state index is -0.364. The number of nitriles is 1. The maximum absolute atomic E-state index is 13.5. The predicted molar refractivity (Wildman–Crippen MR) is 143 cm³/mol. The lowest BCUT2D eigenvalue weighted by molar-refractivity contribution is 0.267. The van der Waals surface area contributed by atoms with Crippen molar-refractivity contribution in [3.05, 3.63) is 84.5 Å². The summed E-state index contributed by atoms with van der Waals surface area (Å²) < 4.78 is 27.5. The summed E-state index contributed by atoms with van der Waals surface area (Å²) in [5.74, 6) is 1.28. The molecule has 166 valence electrons. The Bertz CT molecular complexity index is 1380. The predicted octanol–water partition coefficient (Wildman–Crippen LogP) is 6.95. The van der Waals surface area contributed by atoms with Gasteiger partial charge in [0, 0.05) is 3.57 Å². The molecule has 0 bridgehead atoms. The number of rotatable bonds is 7. The summed E-state index contributed by atoms with van der Waals surface area (Å²) in [5, 5.41) is 9.74. The maximum Gasteiger partial charge on any atom is 0.175 e. The van der Waals surface area contributed by atoms with E-state index in [4.69, 9.17) is 9.47 Å². The fraction of sp³-hybridized carbons (Fsp3) is 0.120. The number of hydrogen-bond donors (Lipinski definition) is 1. The van der Waals surface area contributed by atoms with E-state index in [9.17, 15) is 9.65 Å². The number of imidazole rings is 1. The zero-order valence-electron chi connectivity index (χ0n) is 17.5. The van der Waals surface area contributed by atoms with Crippen LogP contribution >= 0.6 is 45.2 Å². The molecular weight excluding hydrogens is 647 g/mol. The van der Waals surface area contributed by atoms with E-state index in [-0.39, 0.29) is 5.82 Å². The molecule has 0 saturated carbocycles. The second-order valence-corrected chi connectivity index (χ2v) is 9.50. The summed E-state index contributed by atoms with van der Waals surface area (Å²) in [6.45, 7) is 2.80. The first-order valence-electron chi connectivity index (χ1n) is 10.1. The average Bonchev–Trinajstić information content (AvgIpc) is 3.21. The molecule has 0 aliphatic heterocycles. The maximum atomic E-state index is 13.5. The molecule has 0 spiro atoms.